The monoisotopic (exact) mass is 388 g/mol. The summed E-state index contributed by atoms with van der Waals surface area (Å²) in [5.74, 6) is -0.764. The van der Waals surface area contributed by atoms with Crippen LogP contribution in [0.4, 0.5) is 4.39 Å². The summed E-state index contributed by atoms with van der Waals surface area (Å²) in [5.41, 5.74) is 0.657. The van der Waals surface area contributed by atoms with Gasteiger partial charge in [0.15, 0.2) is 5.78 Å². The van der Waals surface area contributed by atoms with E-state index < -0.39 is 17.8 Å². The summed E-state index contributed by atoms with van der Waals surface area (Å²) >= 11 is 0. The van der Waals surface area contributed by atoms with Gasteiger partial charge in [-0.3, -0.25) is 9.59 Å². The summed E-state index contributed by atoms with van der Waals surface area (Å²) in [7, 11) is 0. The summed E-state index contributed by atoms with van der Waals surface area (Å²) in [4.78, 5) is 25.8. The van der Waals surface area contributed by atoms with Gasteiger partial charge in [0.2, 0.25) is 0 Å². The number of ketones is 1. The first kappa shape index (κ1) is 21.0. The van der Waals surface area contributed by atoms with Crippen LogP contribution in [0.3, 0.4) is 0 Å². The van der Waals surface area contributed by atoms with Gasteiger partial charge in [-0.25, -0.2) is 4.39 Å². The molecule has 0 aromatic heterocycles. The van der Waals surface area contributed by atoms with Gasteiger partial charge in [0.05, 0.1) is 11.6 Å². The highest BCUT2D eigenvalue weighted by molar-refractivity contribution is 5.98. The van der Waals surface area contributed by atoms with Crippen molar-refractivity contribution in [2.75, 3.05) is 13.1 Å². The van der Waals surface area contributed by atoms with Crippen LogP contribution in [-0.2, 0) is 4.79 Å². The fourth-order valence-corrected chi connectivity index (χ4v) is 4.62. The van der Waals surface area contributed by atoms with Crippen LogP contribution in [0.1, 0.15) is 80.6 Å². The van der Waals surface area contributed by atoms with Gasteiger partial charge in [0.25, 0.3) is 5.91 Å². The van der Waals surface area contributed by atoms with Crippen molar-refractivity contribution in [3.8, 4) is 0 Å². The van der Waals surface area contributed by atoms with Crippen LogP contribution in [0.2, 0.25) is 0 Å². The molecule has 1 aliphatic carbocycles. The number of nitrogens with one attached hydrogen (secondary N) is 2. The molecule has 0 bridgehead atoms. The fourth-order valence-electron chi connectivity index (χ4n) is 4.62. The van der Waals surface area contributed by atoms with Crippen molar-refractivity contribution in [2.45, 2.75) is 70.8 Å². The van der Waals surface area contributed by atoms with Crippen LogP contribution in [-0.4, -0.2) is 30.8 Å². The molecule has 3 rings (SSSR count). The molecule has 1 aliphatic heterocycles. The van der Waals surface area contributed by atoms with Crippen LogP contribution in [0, 0.1) is 17.7 Å². The minimum Gasteiger partial charge on any atom is -0.342 e. The van der Waals surface area contributed by atoms with Gasteiger partial charge in [-0.05, 0) is 55.7 Å². The Morgan fingerprint density at radius 2 is 1.86 bits per heavy atom. The lowest BCUT2D eigenvalue weighted by Crippen LogP contribution is -2.48. The van der Waals surface area contributed by atoms with E-state index in [-0.39, 0.29) is 29.1 Å². The van der Waals surface area contributed by atoms with Crippen molar-refractivity contribution >= 4 is 11.7 Å². The normalized spacial score (nSPS) is 22.1. The molecule has 1 unspecified atom stereocenters. The molecule has 2 N–H and O–H groups in total. The SMILES string of the molecule is CC(C)C(=O)[C@H](NC(=O)c1cccc(C2CCCNC2)c1F)C1CCCCC1. The minimum absolute atomic E-state index is 0.0493. The summed E-state index contributed by atoms with van der Waals surface area (Å²) in [6.07, 6.45) is 7.17. The smallest absolute Gasteiger partial charge is 0.254 e. The average Bonchev–Trinajstić information content (AvgIpc) is 2.72. The highest BCUT2D eigenvalue weighted by Crippen LogP contribution is 2.30. The lowest BCUT2D eigenvalue weighted by atomic mass is 9.80. The van der Waals surface area contributed by atoms with Gasteiger partial charge in [-0.2, -0.15) is 0 Å². The molecule has 1 aromatic rings. The molecule has 5 heteroatoms. The second-order valence-electron chi connectivity index (χ2n) is 8.66. The minimum atomic E-state index is -0.521. The number of amides is 1. The number of carbonyl (C=O) groups is 2. The van der Waals surface area contributed by atoms with Crippen molar-refractivity contribution in [1.82, 2.24) is 10.6 Å². The van der Waals surface area contributed by atoms with Crippen LogP contribution < -0.4 is 10.6 Å². The first-order chi connectivity index (χ1) is 13.5. The Hall–Kier alpha value is -1.75. The van der Waals surface area contributed by atoms with Crippen molar-refractivity contribution < 1.29 is 14.0 Å². The quantitative estimate of drug-likeness (QED) is 0.768. The molecule has 1 heterocycles. The van der Waals surface area contributed by atoms with Crippen molar-refractivity contribution in [2.24, 2.45) is 11.8 Å². The molecule has 2 aliphatic rings. The highest BCUT2D eigenvalue weighted by Gasteiger charge is 2.33. The lowest BCUT2D eigenvalue weighted by Gasteiger charge is -2.31. The topological polar surface area (TPSA) is 58.2 Å². The number of carbonyl (C=O) groups excluding carboxylic acids is 2. The Kier molecular flexibility index (Phi) is 7.22. The van der Waals surface area contributed by atoms with Gasteiger partial charge in [-0.1, -0.05) is 45.2 Å². The molecule has 28 heavy (non-hydrogen) atoms. The number of halogens is 1. The predicted molar refractivity (Wildman–Crippen MR) is 109 cm³/mol. The molecule has 1 saturated carbocycles. The Morgan fingerprint density at radius 3 is 2.50 bits per heavy atom. The second-order valence-corrected chi connectivity index (χ2v) is 8.66. The zero-order valence-corrected chi connectivity index (χ0v) is 17.1. The zero-order chi connectivity index (χ0) is 20.1. The van der Waals surface area contributed by atoms with E-state index in [1.54, 1.807) is 12.1 Å². The van der Waals surface area contributed by atoms with Crippen molar-refractivity contribution in [3.05, 3.63) is 35.1 Å². The van der Waals surface area contributed by atoms with Gasteiger partial charge < -0.3 is 10.6 Å². The van der Waals surface area contributed by atoms with Crippen LogP contribution in [0.25, 0.3) is 0 Å². The molecule has 1 saturated heterocycles. The average molecular weight is 389 g/mol. The third-order valence-corrected chi connectivity index (χ3v) is 6.29. The number of benzene rings is 1. The van der Waals surface area contributed by atoms with E-state index in [1.807, 2.05) is 13.8 Å². The Bertz CT molecular complexity index is 692. The molecule has 2 atom stereocenters. The van der Waals surface area contributed by atoms with E-state index >= 15 is 4.39 Å². The van der Waals surface area contributed by atoms with Gasteiger partial charge in [-0.15, -0.1) is 0 Å². The third-order valence-electron chi connectivity index (χ3n) is 6.29. The second kappa shape index (κ2) is 9.64. The number of Topliss-reactive ketones (excluding diaryl/α,β-unsaturated/α-hetero) is 1. The first-order valence-electron chi connectivity index (χ1n) is 10.8. The van der Waals surface area contributed by atoms with Crippen LogP contribution in [0.5, 0.6) is 0 Å². The molecule has 154 valence electrons. The van der Waals surface area contributed by atoms with E-state index in [9.17, 15) is 9.59 Å². The van der Waals surface area contributed by atoms with Gasteiger partial charge in [0.1, 0.15) is 5.82 Å². The summed E-state index contributed by atoms with van der Waals surface area (Å²) in [6.45, 7) is 5.42. The van der Waals surface area contributed by atoms with E-state index in [1.165, 1.54) is 12.5 Å². The third kappa shape index (κ3) is 4.80. The molecule has 0 radical (unpaired) electrons. The van der Waals surface area contributed by atoms with Crippen molar-refractivity contribution in [1.29, 1.82) is 0 Å². The maximum Gasteiger partial charge on any atom is 0.254 e. The molecule has 4 nitrogen and oxygen atoms in total. The van der Waals surface area contributed by atoms with Crippen LogP contribution >= 0.6 is 0 Å². The lowest BCUT2D eigenvalue weighted by molar-refractivity contribution is -0.125. The van der Waals surface area contributed by atoms with E-state index in [2.05, 4.69) is 10.6 Å². The maximum absolute atomic E-state index is 15.2. The van der Waals surface area contributed by atoms with Crippen LogP contribution in [0.15, 0.2) is 18.2 Å². The number of rotatable bonds is 6. The Balaban J connectivity index is 1.80. The summed E-state index contributed by atoms with van der Waals surface area (Å²) in [5, 5.41) is 6.21. The van der Waals surface area contributed by atoms with E-state index in [4.69, 9.17) is 0 Å². The summed E-state index contributed by atoms with van der Waals surface area (Å²) < 4.78 is 15.2. The standard InChI is InChI=1S/C23H33FN2O2/c1-15(2)22(27)21(16-8-4-3-5-9-16)26-23(28)19-12-6-11-18(20(19)24)17-10-7-13-25-14-17/h6,11-12,15-17,21,25H,3-5,7-10,13-14H2,1-2H3,(H,26,28)/t17?,21-/m1/s1. The maximum atomic E-state index is 15.2. The predicted octanol–water partition coefficient (Wildman–Crippen LogP) is 4.20. The highest BCUT2D eigenvalue weighted by atomic mass is 19.1. The molecule has 2 fully saturated rings. The number of hydrogen-bond donors (Lipinski definition) is 2. The van der Waals surface area contributed by atoms with Gasteiger partial charge >= 0.3 is 0 Å². The first-order valence-corrected chi connectivity index (χ1v) is 10.8. The van der Waals surface area contributed by atoms with E-state index in [0.29, 0.717) is 5.56 Å². The van der Waals surface area contributed by atoms with Crippen molar-refractivity contribution in [3.63, 3.8) is 0 Å². The number of hydrogen-bond acceptors (Lipinski definition) is 3. The van der Waals surface area contributed by atoms with Gasteiger partial charge in [0, 0.05) is 12.5 Å². The zero-order valence-electron chi connectivity index (χ0n) is 17.1. The molecular formula is C23H33FN2O2. The largest absolute Gasteiger partial charge is 0.342 e. The Morgan fingerprint density at radius 1 is 1.11 bits per heavy atom. The summed E-state index contributed by atoms with van der Waals surface area (Å²) in [6, 6.07) is 4.54. The Labute approximate surface area is 167 Å². The molecule has 1 amide bonds. The number of piperidine rings is 1. The van der Waals surface area contributed by atoms with E-state index in [0.717, 1.165) is 51.6 Å². The molecule has 1 aromatic carbocycles. The fraction of sp³-hybridized carbons (Fsp3) is 0.652. The molecular weight excluding hydrogens is 355 g/mol. The molecule has 0 spiro atoms.